The molecule has 3 rings (SSSR count). The van der Waals surface area contributed by atoms with Crippen LogP contribution in [0, 0.1) is 32.1 Å². The Morgan fingerprint density at radius 2 is 1.66 bits per heavy atom. The molecule has 0 saturated heterocycles. The van der Waals surface area contributed by atoms with E-state index in [1.807, 2.05) is 63.2 Å². The van der Waals surface area contributed by atoms with Crippen LogP contribution in [0.15, 0.2) is 69.1 Å². The van der Waals surface area contributed by atoms with Crippen molar-refractivity contribution in [3.8, 4) is 11.8 Å². The maximum absolute atomic E-state index is 12.8. The van der Waals surface area contributed by atoms with E-state index in [2.05, 4.69) is 42.5 Å². The molecule has 0 spiro atoms. The lowest BCUT2D eigenvalue weighted by atomic mass is 10.1. The van der Waals surface area contributed by atoms with Crippen molar-refractivity contribution in [2.75, 3.05) is 17.2 Å². The first-order chi connectivity index (χ1) is 16.7. The number of rotatable bonds is 7. The van der Waals surface area contributed by atoms with Gasteiger partial charge in [-0.15, -0.1) is 0 Å². The van der Waals surface area contributed by atoms with Crippen molar-refractivity contribution in [1.29, 1.82) is 5.26 Å². The minimum Gasteiger partial charge on any atom is -0.482 e. The van der Waals surface area contributed by atoms with Gasteiger partial charge in [-0.3, -0.25) is 9.59 Å². The summed E-state index contributed by atoms with van der Waals surface area (Å²) >= 11 is 6.86. The summed E-state index contributed by atoms with van der Waals surface area (Å²) < 4.78 is 7.06. The Hall–Kier alpha value is -3.41. The minimum absolute atomic E-state index is 0.107. The standard InChI is InChI=1S/C27H23Br2N3O3/c1-16-4-7-22(8-5-16)31-25(33)15-35-26-19(12-21(28)13-23(26)29)11-20(14-30)27(34)32-24-9-6-17(2)10-18(24)3/h4-13H,15H2,1-3H3,(H,31,33)(H,32,34)/b20-11+. The number of ether oxygens (including phenoxy) is 1. The lowest BCUT2D eigenvalue weighted by Crippen LogP contribution is -2.20. The van der Waals surface area contributed by atoms with Gasteiger partial charge in [-0.05, 0) is 78.7 Å². The van der Waals surface area contributed by atoms with E-state index in [-0.39, 0.29) is 18.1 Å². The first-order valence-electron chi connectivity index (χ1n) is 10.6. The molecule has 0 bridgehead atoms. The van der Waals surface area contributed by atoms with Crippen molar-refractivity contribution in [3.05, 3.63) is 91.4 Å². The molecule has 35 heavy (non-hydrogen) atoms. The number of hydrogen-bond donors (Lipinski definition) is 2. The van der Waals surface area contributed by atoms with Crippen molar-refractivity contribution in [2.45, 2.75) is 20.8 Å². The molecule has 0 aromatic heterocycles. The first-order valence-corrected chi connectivity index (χ1v) is 12.2. The van der Waals surface area contributed by atoms with Crippen LogP contribution in [-0.2, 0) is 9.59 Å². The summed E-state index contributed by atoms with van der Waals surface area (Å²) in [5.74, 6) is -0.551. The van der Waals surface area contributed by atoms with Crippen LogP contribution in [0.2, 0.25) is 0 Å². The van der Waals surface area contributed by atoms with Crippen molar-refractivity contribution in [1.82, 2.24) is 0 Å². The quantitative estimate of drug-likeness (QED) is 0.234. The number of anilines is 2. The van der Waals surface area contributed by atoms with Gasteiger partial charge in [0.15, 0.2) is 6.61 Å². The molecule has 8 heteroatoms. The third-order valence-corrected chi connectivity index (χ3v) is 6.06. The third-order valence-electron chi connectivity index (χ3n) is 5.02. The highest BCUT2D eigenvalue weighted by atomic mass is 79.9. The van der Waals surface area contributed by atoms with E-state index in [4.69, 9.17) is 4.74 Å². The van der Waals surface area contributed by atoms with Gasteiger partial charge in [-0.1, -0.05) is 51.3 Å². The fraction of sp³-hybridized carbons (Fsp3) is 0.148. The number of nitriles is 1. The Labute approximate surface area is 221 Å². The Bertz CT molecular complexity index is 1340. The summed E-state index contributed by atoms with van der Waals surface area (Å²) in [6.07, 6.45) is 1.43. The lowest BCUT2D eigenvalue weighted by Gasteiger charge is -2.13. The van der Waals surface area contributed by atoms with Crippen LogP contribution in [0.5, 0.6) is 5.75 Å². The number of carbonyl (C=O) groups is 2. The molecule has 3 aromatic carbocycles. The number of aryl methyl sites for hydroxylation is 3. The first kappa shape index (κ1) is 26.2. The average molecular weight is 597 g/mol. The van der Waals surface area contributed by atoms with Gasteiger partial charge in [-0.2, -0.15) is 5.26 Å². The van der Waals surface area contributed by atoms with Crippen molar-refractivity contribution < 1.29 is 14.3 Å². The number of carbonyl (C=O) groups excluding carboxylic acids is 2. The molecular weight excluding hydrogens is 574 g/mol. The molecule has 0 aliphatic rings. The van der Waals surface area contributed by atoms with Crippen molar-refractivity contribution in [3.63, 3.8) is 0 Å². The van der Waals surface area contributed by atoms with Crippen LogP contribution in [0.25, 0.3) is 6.08 Å². The maximum atomic E-state index is 12.8. The summed E-state index contributed by atoms with van der Waals surface area (Å²) in [5.41, 5.74) is 4.69. The molecule has 0 aliphatic carbocycles. The lowest BCUT2D eigenvalue weighted by molar-refractivity contribution is -0.118. The van der Waals surface area contributed by atoms with Crippen molar-refractivity contribution >= 4 is 61.1 Å². The van der Waals surface area contributed by atoms with E-state index in [0.29, 0.717) is 31.6 Å². The molecule has 0 unspecified atom stereocenters. The highest BCUT2D eigenvalue weighted by Crippen LogP contribution is 2.34. The van der Waals surface area contributed by atoms with Gasteiger partial charge in [0.2, 0.25) is 0 Å². The van der Waals surface area contributed by atoms with Crippen LogP contribution in [-0.4, -0.2) is 18.4 Å². The van der Waals surface area contributed by atoms with E-state index in [1.54, 1.807) is 18.2 Å². The second kappa shape index (κ2) is 11.8. The van der Waals surface area contributed by atoms with Crippen LogP contribution >= 0.6 is 31.9 Å². The Kier molecular flexibility index (Phi) is 8.85. The van der Waals surface area contributed by atoms with Crippen LogP contribution in [0.1, 0.15) is 22.3 Å². The smallest absolute Gasteiger partial charge is 0.266 e. The van der Waals surface area contributed by atoms with Crippen LogP contribution < -0.4 is 15.4 Å². The normalized spacial score (nSPS) is 10.9. The molecule has 0 heterocycles. The summed E-state index contributed by atoms with van der Waals surface area (Å²) in [4.78, 5) is 25.2. The van der Waals surface area contributed by atoms with E-state index < -0.39 is 5.91 Å². The van der Waals surface area contributed by atoms with Gasteiger partial charge in [0.1, 0.15) is 17.4 Å². The highest BCUT2D eigenvalue weighted by molar-refractivity contribution is 9.11. The molecule has 0 fully saturated rings. The minimum atomic E-state index is -0.543. The predicted octanol–water partition coefficient (Wildman–Crippen LogP) is 6.70. The fourth-order valence-electron chi connectivity index (χ4n) is 3.26. The molecule has 178 valence electrons. The number of nitrogens with one attached hydrogen (secondary N) is 2. The van der Waals surface area contributed by atoms with Crippen LogP contribution in [0.4, 0.5) is 11.4 Å². The second-order valence-electron chi connectivity index (χ2n) is 7.95. The van der Waals surface area contributed by atoms with Gasteiger partial charge >= 0.3 is 0 Å². The molecule has 0 saturated carbocycles. The molecule has 3 aromatic rings. The number of hydrogen-bond acceptors (Lipinski definition) is 4. The van der Waals surface area contributed by atoms with E-state index in [0.717, 1.165) is 16.7 Å². The zero-order chi connectivity index (χ0) is 25.5. The van der Waals surface area contributed by atoms with E-state index >= 15 is 0 Å². The number of benzene rings is 3. The summed E-state index contributed by atoms with van der Waals surface area (Å²) in [6, 6.07) is 18.5. The SMILES string of the molecule is Cc1ccc(NC(=O)COc2c(Br)cc(Br)cc2/C=C(\C#N)C(=O)Nc2ccc(C)cc2C)cc1. The summed E-state index contributed by atoms with van der Waals surface area (Å²) in [6.45, 7) is 5.56. The zero-order valence-corrected chi connectivity index (χ0v) is 22.6. The molecule has 0 atom stereocenters. The molecule has 2 N–H and O–H groups in total. The van der Waals surface area contributed by atoms with Gasteiger partial charge in [-0.25, -0.2) is 0 Å². The highest BCUT2D eigenvalue weighted by Gasteiger charge is 2.16. The number of halogens is 2. The zero-order valence-electron chi connectivity index (χ0n) is 19.4. The third kappa shape index (κ3) is 7.28. The van der Waals surface area contributed by atoms with E-state index in [1.165, 1.54) is 6.08 Å². The monoisotopic (exact) mass is 595 g/mol. The molecule has 0 radical (unpaired) electrons. The summed E-state index contributed by atoms with van der Waals surface area (Å²) in [5, 5.41) is 15.2. The second-order valence-corrected chi connectivity index (χ2v) is 9.72. The molecule has 6 nitrogen and oxygen atoms in total. The van der Waals surface area contributed by atoms with Gasteiger partial charge in [0.05, 0.1) is 4.47 Å². The molecule has 2 amide bonds. The molecule has 0 aliphatic heterocycles. The molecular formula is C27H23Br2N3O3. The Balaban J connectivity index is 1.81. The number of amides is 2. The van der Waals surface area contributed by atoms with Gasteiger partial charge < -0.3 is 15.4 Å². The van der Waals surface area contributed by atoms with E-state index in [9.17, 15) is 14.9 Å². The van der Waals surface area contributed by atoms with Crippen LogP contribution in [0.3, 0.4) is 0 Å². The maximum Gasteiger partial charge on any atom is 0.266 e. The fourth-order valence-corrected chi connectivity index (χ4v) is 4.63. The van der Waals surface area contributed by atoms with Gasteiger partial charge in [0.25, 0.3) is 11.8 Å². The summed E-state index contributed by atoms with van der Waals surface area (Å²) in [7, 11) is 0. The average Bonchev–Trinajstić information content (AvgIpc) is 2.80. The van der Waals surface area contributed by atoms with Crippen molar-refractivity contribution in [2.24, 2.45) is 0 Å². The largest absolute Gasteiger partial charge is 0.482 e. The Morgan fingerprint density at radius 3 is 2.31 bits per heavy atom. The predicted molar refractivity (Wildman–Crippen MR) is 145 cm³/mol. The topological polar surface area (TPSA) is 91.2 Å². The van der Waals surface area contributed by atoms with Gasteiger partial charge in [0, 0.05) is 21.4 Å². The Morgan fingerprint density at radius 1 is 0.971 bits per heavy atom. The number of nitrogens with zero attached hydrogens (tertiary/aromatic N) is 1.